The molecule has 1 N–H and O–H groups in total. The summed E-state index contributed by atoms with van der Waals surface area (Å²) in [6.07, 6.45) is 0.799. The Morgan fingerprint density at radius 2 is 2.04 bits per heavy atom. The van der Waals surface area contributed by atoms with Crippen LogP contribution in [0.2, 0.25) is 0 Å². The summed E-state index contributed by atoms with van der Waals surface area (Å²) >= 11 is 1.19. The highest BCUT2D eigenvalue weighted by Gasteiger charge is 2.65. The Kier molecular flexibility index (Phi) is 3.91. The molecule has 2 atom stereocenters. The molecule has 0 aliphatic heterocycles. The lowest BCUT2D eigenvalue weighted by atomic mass is 9.95. The Hall–Kier alpha value is -2.21. The van der Waals surface area contributed by atoms with Gasteiger partial charge in [0.25, 0.3) is 0 Å². The van der Waals surface area contributed by atoms with E-state index in [1.165, 1.54) is 11.3 Å². The number of ketones is 1. The van der Waals surface area contributed by atoms with Gasteiger partial charge < -0.3 is 5.32 Å². The first-order valence-corrected chi connectivity index (χ1v) is 9.74. The highest BCUT2D eigenvalue weighted by Crippen LogP contribution is 2.68. The molecule has 1 aromatic heterocycles. The Labute approximate surface area is 155 Å². The zero-order valence-corrected chi connectivity index (χ0v) is 16.0. The number of carbonyl (C=O) groups is 2. The molecule has 1 heterocycles. The van der Waals surface area contributed by atoms with Crippen LogP contribution in [0.25, 0.3) is 10.2 Å². The highest BCUT2D eigenvalue weighted by atomic mass is 32.1. The van der Waals surface area contributed by atoms with Crippen molar-refractivity contribution in [3.8, 4) is 0 Å². The fourth-order valence-electron chi connectivity index (χ4n) is 4.40. The van der Waals surface area contributed by atoms with Crippen LogP contribution in [0, 0.1) is 17.3 Å². The van der Waals surface area contributed by atoms with Crippen molar-refractivity contribution in [2.45, 2.75) is 40.2 Å². The average molecular weight is 370 g/mol. The minimum absolute atomic E-state index is 0.0531. The van der Waals surface area contributed by atoms with Crippen molar-refractivity contribution >= 4 is 33.2 Å². The van der Waals surface area contributed by atoms with Crippen LogP contribution < -0.4 is 10.2 Å². The number of benzene rings is 1. The van der Waals surface area contributed by atoms with Gasteiger partial charge in [-0.05, 0) is 36.3 Å². The van der Waals surface area contributed by atoms with Gasteiger partial charge in [0.2, 0.25) is 5.91 Å². The minimum atomic E-state index is -0.160. The van der Waals surface area contributed by atoms with E-state index in [0.29, 0.717) is 24.6 Å². The molecule has 2 unspecified atom stereocenters. The Morgan fingerprint density at radius 1 is 1.31 bits per heavy atom. The number of para-hydroxylation sites is 1. The molecular weight excluding hydrogens is 348 g/mol. The molecule has 26 heavy (non-hydrogen) atoms. The lowest BCUT2D eigenvalue weighted by Crippen LogP contribution is -2.26. The van der Waals surface area contributed by atoms with E-state index < -0.39 is 0 Å². The van der Waals surface area contributed by atoms with Crippen LogP contribution in [0.15, 0.2) is 40.3 Å². The van der Waals surface area contributed by atoms with Crippen molar-refractivity contribution in [2.75, 3.05) is 0 Å². The lowest BCUT2D eigenvalue weighted by molar-refractivity contribution is -0.120. The normalized spacial score (nSPS) is 25.3. The number of nitrogens with one attached hydrogen (secondary N) is 1. The fourth-order valence-corrected chi connectivity index (χ4v) is 5.32. The van der Waals surface area contributed by atoms with Gasteiger partial charge in [-0.3, -0.25) is 19.0 Å². The highest BCUT2D eigenvalue weighted by molar-refractivity contribution is 7.16. The van der Waals surface area contributed by atoms with Crippen LogP contribution in [-0.4, -0.2) is 16.3 Å². The number of nitrogens with zero attached hydrogens (tertiary/aromatic N) is 1. The summed E-state index contributed by atoms with van der Waals surface area (Å²) in [5.41, 5.74) is 2.50. The average Bonchev–Trinajstić information content (AvgIpc) is 2.90. The van der Waals surface area contributed by atoms with E-state index in [-0.39, 0.29) is 34.3 Å². The van der Waals surface area contributed by atoms with E-state index in [1.807, 2.05) is 31.2 Å². The number of carbonyl (C=O) groups excluding carboxylic acids is 2. The number of thiazole rings is 1. The van der Waals surface area contributed by atoms with Crippen molar-refractivity contribution in [1.82, 2.24) is 9.88 Å². The SMILES string of the molecule is CC(NC(=O)CCn1c(=O)sc2ccccc21)=C1C(=O)CC2C1C2(C)C. The summed E-state index contributed by atoms with van der Waals surface area (Å²) in [7, 11) is 0. The van der Waals surface area contributed by atoms with E-state index in [0.717, 1.165) is 15.8 Å². The van der Waals surface area contributed by atoms with Gasteiger partial charge in [-0.25, -0.2) is 0 Å². The molecule has 0 radical (unpaired) electrons. The number of hydrogen-bond donors (Lipinski definition) is 1. The quantitative estimate of drug-likeness (QED) is 0.841. The first kappa shape index (κ1) is 17.2. The Balaban J connectivity index is 1.46. The number of hydrogen-bond acceptors (Lipinski definition) is 4. The van der Waals surface area contributed by atoms with Crippen molar-refractivity contribution in [1.29, 1.82) is 0 Å². The predicted molar refractivity (Wildman–Crippen MR) is 102 cm³/mol. The lowest BCUT2D eigenvalue weighted by Gasteiger charge is -2.14. The molecule has 2 fully saturated rings. The second-order valence-corrected chi connectivity index (χ2v) is 8.85. The number of allylic oxidation sites excluding steroid dienone is 2. The zero-order valence-electron chi connectivity index (χ0n) is 15.2. The molecule has 136 valence electrons. The smallest absolute Gasteiger partial charge is 0.308 e. The molecule has 2 aliphatic carbocycles. The third-order valence-electron chi connectivity index (χ3n) is 5.93. The molecule has 0 spiro atoms. The zero-order chi connectivity index (χ0) is 18.6. The molecule has 1 amide bonds. The molecule has 2 saturated carbocycles. The first-order valence-electron chi connectivity index (χ1n) is 8.93. The van der Waals surface area contributed by atoms with E-state index in [1.54, 1.807) is 4.57 Å². The molecule has 0 saturated heterocycles. The van der Waals surface area contributed by atoms with E-state index in [4.69, 9.17) is 0 Å². The minimum Gasteiger partial charge on any atom is -0.330 e. The van der Waals surface area contributed by atoms with Crippen LogP contribution in [0.5, 0.6) is 0 Å². The van der Waals surface area contributed by atoms with Gasteiger partial charge in [0, 0.05) is 30.7 Å². The van der Waals surface area contributed by atoms with E-state index in [2.05, 4.69) is 19.2 Å². The third kappa shape index (κ3) is 2.63. The van der Waals surface area contributed by atoms with Crippen LogP contribution in [0.1, 0.15) is 33.6 Å². The summed E-state index contributed by atoms with van der Waals surface area (Å²) in [4.78, 5) is 36.7. The van der Waals surface area contributed by atoms with E-state index in [9.17, 15) is 14.4 Å². The van der Waals surface area contributed by atoms with Crippen LogP contribution in [0.4, 0.5) is 0 Å². The number of amides is 1. The van der Waals surface area contributed by atoms with Crippen LogP contribution in [-0.2, 0) is 16.1 Å². The van der Waals surface area contributed by atoms with E-state index >= 15 is 0 Å². The van der Waals surface area contributed by atoms with Crippen LogP contribution in [0.3, 0.4) is 0 Å². The van der Waals surface area contributed by atoms with Gasteiger partial charge in [-0.1, -0.05) is 37.3 Å². The maximum atomic E-state index is 12.4. The number of aromatic nitrogens is 1. The van der Waals surface area contributed by atoms with Gasteiger partial charge in [0.1, 0.15) is 0 Å². The monoisotopic (exact) mass is 370 g/mol. The summed E-state index contributed by atoms with van der Waals surface area (Å²) in [5, 5.41) is 2.88. The van der Waals surface area contributed by atoms with Gasteiger partial charge in [0.15, 0.2) is 5.78 Å². The van der Waals surface area contributed by atoms with Crippen molar-refractivity contribution in [3.63, 3.8) is 0 Å². The van der Waals surface area contributed by atoms with Crippen molar-refractivity contribution in [2.24, 2.45) is 17.3 Å². The standard InChI is InChI=1S/C20H22N2O3S/c1-11(17-14(23)10-12-18(17)20(12,2)3)21-16(24)8-9-22-13-6-4-5-7-15(13)26-19(22)25/h4-7,12,18H,8-10H2,1-3H3,(H,21,24). The molecule has 1 aromatic carbocycles. The molecule has 6 heteroatoms. The molecule has 4 rings (SSSR count). The number of rotatable bonds is 4. The molecule has 0 bridgehead atoms. The van der Waals surface area contributed by atoms with Crippen LogP contribution >= 0.6 is 11.3 Å². The second kappa shape index (κ2) is 5.91. The summed E-state index contributed by atoms with van der Waals surface area (Å²) in [6.45, 7) is 6.51. The third-order valence-corrected chi connectivity index (χ3v) is 6.89. The molecule has 5 nitrogen and oxygen atoms in total. The largest absolute Gasteiger partial charge is 0.330 e. The second-order valence-electron chi connectivity index (χ2n) is 7.86. The first-order chi connectivity index (χ1) is 12.3. The van der Waals surface area contributed by atoms with Crippen molar-refractivity contribution in [3.05, 3.63) is 45.2 Å². The van der Waals surface area contributed by atoms with Gasteiger partial charge in [0.05, 0.1) is 10.2 Å². The summed E-state index contributed by atoms with van der Waals surface area (Å²) < 4.78 is 2.57. The Bertz CT molecular complexity index is 1010. The molecular formula is C20H22N2O3S. The summed E-state index contributed by atoms with van der Waals surface area (Å²) in [5.74, 6) is 0.704. The summed E-state index contributed by atoms with van der Waals surface area (Å²) in [6, 6.07) is 7.59. The van der Waals surface area contributed by atoms with Crippen molar-refractivity contribution < 1.29 is 9.59 Å². The van der Waals surface area contributed by atoms with Gasteiger partial charge in [-0.2, -0.15) is 0 Å². The predicted octanol–water partition coefficient (Wildman–Crippen LogP) is 3.09. The number of fused-ring (bicyclic) bond motifs is 2. The van der Waals surface area contributed by atoms with Gasteiger partial charge in [-0.15, -0.1) is 0 Å². The maximum absolute atomic E-state index is 12.4. The fraction of sp³-hybridized carbons (Fsp3) is 0.450. The number of Topliss-reactive ketones (excluding diaryl/α,β-unsaturated/α-hetero) is 1. The molecule has 2 aromatic rings. The maximum Gasteiger partial charge on any atom is 0.308 e. The Morgan fingerprint density at radius 3 is 2.77 bits per heavy atom. The molecule has 2 aliphatic rings. The topological polar surface area (TPSA) is 68.2 Å². The number of aryl methyl sites for hydroxylation is 1. The van der Waals surface area contributed by atoms with Gasteiger partial charge >= 0.3 is 4.87 Å².